The van der Waals surface area contributed by atoms with Crippen molar-refractivity contribution < 1.29 is 9.53 Å². The summed E-state index contributed by atoms with van der Waals surface area (Å²) in [4.78, 5) is 14.9. The van der Waals surface area contributed by atoms with Crippen molar-refractivity contribution in [1.82, 2.24) is 14.8 Å². The van der Waals surface area contributed by atoms with Crippen LogP contribution in [0.15, 0.2) is 48.5 Å². The van der Waals surface area contributed by atoms with E-state index in [2.05, 4.69) is 20.1 Å². The highest BCUT2D eigenvalue weighted by Gasteiger charge is 2.22. The van der Waals surface area contributed by atoms with Gasteiger partial charge in [0.25, 0.3) is 0 Å². The van der Waals surface area contributed by atoms with E-state index in [1.807, 2.05) is 36.4 Å². The topological polar surface area (TPSA) is 72.3 Å². The van der Waals surface area contributed by atoms with Crippen molar-refractivity contribution in [3.8, 4) is 5.75 Å². The van der Waals surface area contributed by atoms with Crippen LogP contribution in [0.4, 0.5) is 16.2 Å². The Hall–Kier alpha value is -3.06. The van der Waals surface area contributed by atoms with Crippen molar-refractivity contribution in [3.05, 3.63) is 65.2 Å². The number of amides is 2. The first-order valence-corrected chi connectivity index (χ1v) is 10.4. The number of anilines is 2. The monoisotopic (exact) mass is 425 g/mol. The smallest absolute Gasteiger partial charge is 0.326 e. The van der Waals surface area contributed by atoms with Crippen molar-refractivity contribution in [3.63, 3.8) is 0 Å². The van der Waals surface area contributed by atoms with E-state index in [-0.39, 0.29) is 6.03 Å². The molecular formula is C22H24ClN5O2. The molecule has 0 saturated heterocycles. The molecule has 0 unspecified atom stereocenters. The van der Waals surface area contributed by atoms with Crippen LogP contribution in [0.3, 0.4) is 0 Å². The van der Waals surface area contributed by atoms with Crippen LogP contribution >= 0.6 is 11.6 Å². The Morgan fingerprint density at radius 1 is 1.13 bits per heavy atom. The van der Waals surface area contributed by atoms with Crippen molar-refractivity contribution in [2.24, 2.45) is 0 Å². The number of nitrogens with zero attached hydrogens (tertiary/aromatic N) is 4. The maximum Gasteiger partial charge on any atom is 0.326 e. The fourth-order valence-corrected chi connectivity index (χ4v) is 3.77. The number of para-hydroxylation sites is 1. The predicted octanol–water partition coefficient (Wildman–Crippen LogP) is 4.91. The molecule has 0 aliphatic carbocycles. The number of urea groups is 1. The number of rotatable bonds is 5. The molecule has 30 heavy (non-hydrogen) atoms. The van der Waals surface area contributed by atoms with Gasteiger partial charge in [-0.15, -0.1) is 10.2 Å². The molecule has 3 aromatic rings. The minimum absolute atomic E-state index is 0.292. The molecular weight excluding hydrogens is 402 g/mol. The molecule has 0 fully saturated rings. The van der Waals surface area contributed by atoms with Crippen LogP contribution in [0.5, 0.6) is 5.75 Å². The predicted molar refractivity (Wildman–Crippen MR) is 117 cm³/mol. The number of hydrogen-bond acceptors (Lipinski definition) is 4. The van der Waals surface area contributed by atoms with Gasteiger partial charge in [0.2, 0.25) is 0 Å². The van der Waals surface area contributed by atoms with Gasteiger partial charge in [0.1, 0.15) is 11.6 Å². The third kappa shape index (κ3) is 4.41. The van der Waals surface area contributed by atoms with Crippen LogP contribution in [0.2, 0.25) is 5.02 Å². The fraction of sp³-hybridized carbons (Fsp3) is 0.318. The largest absolute Gasteiger partial charge is 0.497 e. The summed E-state index contributed by atoms with van der Waals surface area (Å²) in [6.45, 7) is 1.18. The van der Waals surface area contributed by atoms with Crippen molar-refractivity contribution >= 4 is 29.0 Å². The summed E-state index contributed by atoms with van der Waals surface area (Å²) in [5, 5.41) is 12.1. The Bertz CT molecular complexity index is 1020. The van der Waals surface area contributed by atoms with Crippen LogP contribution in [-0.4, -0.2) is 27.9 Å². The molecule has 0 saturated carbocycles. The molecule has 0 atom stereocenters. The van der Waals surface area contributed by atoms with Gasteiger partial charge in [0, 0.05) is 18.7 Å². The van der Waals surface area contributed by atoms with E-state index in [0.717, 1.165) is 48.9 Å². The first kappa shape index (κ1) is 20.2. The lowest BCUT2D eigenvalue weighted by Gasteiger charge is -2.24. The van der Waals surface area contributed by atoms with Crippen LogP contribution in [0.1, 0.15) is 30.9 Å². The zero-order valence-electron chi connectivity index (χ0n) is 16.8. The van der Waals surface area contributed by atoms with E-state index in [9.17, 15) is 4.79 Å². The molecule has 1 aromatic heterocycles. The number of carbonyl (C=O) groups is 1. The third-order valence-corrected chi connectivity index (χ3v) is 5.56. The highest BCUT2D eigenvalue weighted by Crippen LogP contribution is 2.25. The normalized spacial score (nSPS) is 13.3. The standard InChI is InChI=1S/C22H24ClN5O2/c1-30-17-12-10-16(11-13-17)28(22(29)24-19-8-5-4-7-18(19)23)15-21-26-25-20-9-3-2-6-14-27(20)21/h4-5,7-8,10-13H,2-3,6,9,14-15H2,1H3,(H,24,29). The summed E-state index contributed by atoms with van der Waals surface area (Å²) in [5.41, 5.74) is 1.29. The Labute approximate surface area is 180 Å². The van der Waals surface area contributed by atoms with Gasteiger partial charge >= 0.3 is 6.03 Å². The molecule has 0 bridgehead atoms. The van der Waals surface area contributed by atoms with E-state index in [0.29, 0.717) is 17.3 Å². The first-order chi connectivity index (χ1) is 14.7. The molecule has 1 aliphatic heterocycles. The third-order valence-electron chi connectivity index (χ3n) is 5.23. The van der Waals surface area contributed by atoms with Gasteiger partial charge in [-0.05, 0) is 49.2 Å². The number of ether oxygens (including phenoxy) is 1. The van der Waals surface area contributed by atoms with E-state index in [1.54, 1.807) is 24.1 Å². The summed E-state index contributed by atoms with van der Waals surface area (Å²) in [5.74, 6) is 2.49. The lowest BCUT2D eigenvalue weighted by atomic mass is 10.2. The Kier molecular flexibility index (Phi) is 6.18. The Morgan fingerprint density at radius 3 is 2.70 bits per heavy atom. The van der Waals surface area contributed by atoms with E-state index >= 15 is 0 Å². The molecule has 7 nitrogen and oxygen atoms in total. The molecule has 2 amide bonds. The number of aryl methyl sites for hydroxylation is 1. The molecule has 0 radical (unpaired) electrons. The van der Waals surface area contributed by atoms with E-state index < -0.39 is 0 Å². The first-order valence-electron chi connectivity index (χ1n) is 10.0. The van der Waals surface area contributed by atoms with Crippen LogP contribution in [0.25, 0.3) is 0 Å². The maximum absolute atomic E-state index is 13.2. The van der Waals surface area contributed by atoms with Gasteiger partial charge in [-0.3, -0.25) is 4.90 Å². The number of halogens is 1. The lowest BCUT2D eigenvalue weighted by molar-refractivity contribution is 0.256. The molecule has 4 rings (SSSR count). The van der Waals surface area contributed by atoms with Gasteiger partial charge in [0.15, 0.2) is 5.82 Å². The van der Waals surface area contributed by atoms with Crippen molar-refractivity contribution in [1.29, 1.82) is 0 Å². The van der Waals surface area contributed by atoms with Gasteiger partial charge in [0.05, 0.1) is 24.4 Å². The zero-order valence-corrected chi connectivity index (χ0v) is 17.6. The number of fused-ring (bicyclic) bond motifs is 1. The van der Waals surface area contributed by atoms with Crippen LogP contribution in [0, 0.1) is 0 Å². The number of nitrogens with one attached hydrogen (secondary N) is 1. The van der Waals surface area contributed by atoms with Crippen LogP contribution < -0.4 is 15.0 Å². The van der Waals surface area contributed by atoms with Crippen molar-refractivity contribution in [2.45, 2.75) is 38.8 Å². The quantitative estimate of drug-likeness (QED) is 0.630. The van der Waals surface area contributed by atoms with Gasteiger partial charge in [-0.25, -0.2) is 4.79 Å². The lowest BCUT2D eigenvalue weighted by Crippen LogP contribution is -2.35. The SMILES string of the molecule is COc1ccc(N(Cc2nnc3n2CCCCC3)C(=O)Nc2ccccc2Cl)cc1. The summed E-state index contributed by atoms with van der Waals surface area (Å²) in [7, 11) is 1.61. The molecule has 8 heteroatoms. The summed E-state index contributed by atoms with van der Waals surface area (Å²) in [6.07, 6.45) is 4.30. The Morgan fingerprint density at radius 2 is 1.93 bits per heavy atom. The molecule has 1 N–H and O–H groups in total. The second kappa shape index (κ2) is 9.17. The minimum atomic E-state index is -0.292. The molecule has 156 valence electrons. The van der Waals surface area contributed by atoms with Gasteiger partial charge in [-0.1, -0.05) is 30.2 Å². The van der Waals surface area contributed by atoms with Gasteiger partial charge < -0.3 is 14.6 Å². The highest BCUT2D eigenvalue weighted by molar-refractivity contribution is 6.33. The second-order valence-corrected chi connectivity index (χ2v) is 7.60. The zero-order chi connectivity index (χ0) is 20.9. The molecule has 2 heterocycles. The van der Waals surface area contributed by atoms with Crippen molar-refractivity contribution in [2.75, 3.05) is 17.3 Å². The molecule has 1 aliphatic rings. The number of hydrogen-bond donors (Lipinski definition) is 1. The average Bonchev–Trinajstić information content (AvgIpc) is 2.99. The molecule has 2 aromatic carbocycles. The number of aromatic nitrogens is 3. The summed E-state index contributed by atoms with van der Waals surface area (Å²) < 4.78 is 7.40. The fourth-order valence-electron chi connectivity index (χ4n) is 3.59. The van der Waals surface area contributed by atoms with E-state index in [4.69, 9.17) is 16.3 Å². The maximum atomic E-state index is 13.2. The second-order valence-electron chi connectivity index (χ2n) is 7.19. The van der Waals surface area contributed by atoms with Crippen LogP contribution in [-0.2, 0) is 19.5 Å². The summed E-state index contributed by atoms with van der Waals surface area (Å²) >= 11 is 6.24. The summed E-state index contributed by atoms with van der Waals surface area (Å²) in [6, 6.07) is 14.2. The molecule has 0 spiro atoms. The van der Waals surface area contributed by atoms with Gasteiger partial charge in [-0.2, -0.15) is 0 Å². The number of benzene rings is 2. The number of methoxy groups -OCH3 is 1. The van der Waals surface area contributed by atoms with E-state index in [1.165, 1.54) is 6.42 Å². The highest BCUT2D eigenvalue weighted by atomic mass is 35.5. The average molecular weight is 426 g/mol. The number of carbonyl (C=O) groups excluding carboxylic acids is 1. The Balaban J connectivity index is 1.64. The minimum Gasteiger partial charge on any atom is -0.497 e.